The van der Waals surface area contributed by atoms with E-state index in [0.717, 1.165) is 52.0 Å². The van der Waals surface area contributed by atoms with Gasteiger partial charge in [0.25, 0.3) is 0 Å². The molecule has 3 rings (SSSR count). The first kappa shape index (κ1) is 25.7. The fourth-order valence-electron chi connectivity index (χ4n) is 4.62. The van der Waals surface area contributed by atoms with Gasteiger partial charge in [0.2, 0.25) is 6.41 Å². The molecule has 1 aliphatic carbocycles. The maximum Gasteiger partial charge on any atom is 0.400 e. The molecule has 0 unspecified atom stereocenters. The molecule has 0 bridgehead atoms. The van der Waals surface area contributed by atoms with Crippen LogP contribution in [0.1, 0.15) is 71.3 Å². The minimum absolute atomic E-state index is 0.0922. The van der Waals surface area contributed by atoms with E-state index in [4.69, 9.17) is 0 Å². The molecular weight excluding hydrogens is 428 g/mol. The summed E-state index contributed by atoms with van der Waals surface area (Å²) in [6.07, 6.45) is 3.01. The largest absolute Gasteiger partial charge is 0.400 e. The summed E-state index contributed by atoms with van der Waals surface area (Å²) in [7, 11) is 0. The predicted octanol–water partition coefficient (Wildman–Crippen LogP) is 3.68. The van der Waals surface area contributed by atoms with E-state index in [9.17, 15) is 13.6 Å². The third-order valence-corrected chi connectivity index (χ3v) is 6.71. The molecule has 2 aliphatic rings. The Balaban J connectivity index is 1.58. The number of nitrogens with one attached hydrogen (secondary N) is 1. The van der Waals surface area contributed by atoms with E-state index >= 15 is 0 Å². The smallest absolute Gasteiger partial charge is 0.356 e. The van der Waals surface area contributed by atoms with E-state index in [1.165, 1.54) is 25.3 Å². The molecule has 1 aromatic heterocycles. The number of ether oxygens (including phenoxy) is 1. The highest BCUT2D eigenvalue weighted by molar-refractivity contribution is 5.46. The van der Waals surface area contributed by atoms with Gasteiger partial charge in [-0.1, -0.05) is 20.8 Å². The molecule has 1 N–H and O–H groups in total. The highest BCUT2D eigenvalue weighted by Gasteiger charge is 2.37. The summed E-state index contributed by atoms with van der Waals surface area (Å²) in [4.78, 5) is 23.9. The SMILES string of the molecule is CCOC(F)(F)c1cc(N2CCN(CCC3CCC(NC=O)CC3)CC2)nc(C(C)(C)C)n1. The molecule has 2 heterocycles. The van der Waals surface area contributed by atoms with Gasteiger partial charge in [-0.05, 0) is 51.5 Å². The van der Waals surface area contributed by atoms with Crippen LogP contribution in [0.15, 0.2) is 6.07 Å². The second-order valence-corrected chi connectivity index (χ2v) is 10.3. The van der Waals surface area contributed by atoms with Gasteiger partial charge < -0.3 is 15.0 Å². The maximum absolute atomic E-state index is 14.5. The van der Waals surface area contributed by atoms with Crippen LogP contribution in [-0.4, -0.2) is 66.7 Å². The number of anilines is 1. The van der Waals surface area contributed by atoms with Gasteiger partial charge in [-0.15, -0.1) is 0 Å². The molecular formula is C24H39F2N5O2. The summed E-state index contributed by atoms with van der Waals surface area (Å²) in [5.41, 5.74) is -0.823. The number of aromatic nitrogens is 2. The van der Waals surface area contributed by atoms with Crippen molar-refractivity contribution in [2.24, 2.45) is 5.92 Å². The van der Waals surface area contributed by atoms with E-state index < -0.39 is 11.5 Å². The van der Waals surface area contributed by atoms with Crippen LogP contribution in [0.4, 0.5) is 14.6 Å². The first-order valence-corrected chi connectivity index (χ1v) is 12.2. The summed E-state index contributed by atoms with van der Waals surface area (Å²) in [6, 6.07) is 1.72. The van der Waals surface area contributed by atoms with Gasteiger partial charge in [-0.2, -0.15) is 8.78 Å². The third-order valence-electron chi connectivity index (χ3n) is 6.71. The van der Waals surface area contributed by atoms with E-state index in [1.807, 2.05) is 20.8 Å². The van der Waals surface area contributed by atoms with E-state index in [-0.39, 0.29) is 12.3 Å². The average molecular weight is 468 g/mol. The normalized spacial score (nSPS) is 22.9. The van der Waals surface area contributed by atoms with Gasteiger partial charge >= 0.3 is 6.11 Å². The minimum atomic E-state index is -3.44. The number of piperazine rings is 1. The zero-order valence-electron chi connectivity index (χ0n) is 20.4. The van der Waals surface area contributed by atoms with Crippen LogP contribution in [0.25, 0.3) is 0 Å². The highest BCUT2D eigenvalue weighted by atomic mass is 19.3. The summed E-state index contributed by atoms with van der Waals surface area (Å²) in [6.45, 7) is 11.5. The molecule has 1 saturated heterocycles. The number of rotatable bonds is 9. The second kappa shape index (κ2) is 11.0. The molecule has 1 saturated carbocycles. The van der Waals surface area contributed by atoms with E-state index in [2.05, 4.69) is 29.8 Å². The lowest BCUT2D eigenvalue weighted by Crippen LogP contribution is -2.47. The zero-order valence-corrected chi connectivity index (χ0v) is 20.4. The molecule has 1 amide bonds. The molecule has 0 spiro atoms. The van der Waals surface area contributed by atoms with Gasteiger partial charge in [-0.3, -0.25) is 9.69 Å². The lowest BCUT2D eigenvalue weighted by Gasteiger charge is -2.37. The molecule has 0 aromatic carbocycles. The monoisotopic (exact) mass is 467 g/mol. The number of carbonyl (C=O) groups is 1. The van der Waals surface area contributed by atoms with Crippen LogP contribution in [0.2, 0.25) is 0 Å². The third kappa shape index (κ3) is 7.06. The molecule has 1 aliphatic heterocycles. The Kier molecular flexibility index (Phi) is 8.61. The topological polar surface area (TPSA) is 70.6 Å². The Morgan fingerprint density at radius 1 is 1.12 bits per heavy atom. The second-order valence-electron chi connectivity index (χ2n) is 10.3. The number of carbonyl (C=O) groups excluding carboxylic acids is 1. The molecule has 9 heteroatoms. The van der Waals surface area contributed by atoms with Crippen LogP contribution in [0, 0.1) is 5.92 Å². The van der Waals surface area contributed by atoms with Gasteiger partial charge in [-0.25, -0.2) is 9.97 Å². The number of alkyl halides is 2. The summed E-state index contributed by atoms with van der Waals surface area (Å²) < 4.78 is 33.7. The van der Waals surface area contributed by atoms with Crippen molar-refractivity contribution in [2.45, 2.75) is 77.4 Å². The van der Waals surface area contributed by atoms with Gasteiger partial charge in [0.05, 0.1) is 6.61 Å². The van der Waals surface area contributed by atoms with Crippen molar-refractivity contribution in [3.8, 4) is 0 Å². The Hall–Kier alpha value is -1.87. The Bertz CT molecular complexity index is 771. The number of halogens is 2. The fourth-order valence-corrected chi connectivity index (χ4v) is 4.62. The van der Waals surface area contributed by atoms with Crippen molar-refractivity contribution < 1.29 is 18.3 Å². The first-order valence-electron chi connectivity index (χ1n) is 12.2. The number of hydrogen-bond donors (Lipinski definition) is 1. The van der Waals surface area contributed by atoms with Crippen LogP contribution in [0.3, 0.4) is 0 Å². The first-order chi connectivity index (χ1) is 15.6. The Labute approximate surface area is 196 Å². The fraction of sp³-hybridized carbons (Fsp3) is 0.792. The standard InChI is InChI=1S/C24H39F2N5O2/c1-5-33-24(25,26)20-16-21(29-22(28-20)23(2,3)4)31-14-12-30(13-15-31)11-10-18-6-8-19(9-7-18)27-17-32/h16-19H,5-15H2,1-4H3,(H,27,32). The maximum atomic E-state index is 14.5. The van der Waals surface area contributed by atoms with Gasteiger partial charge in [0, 0.05) is 43.7 Å². The Morgan fingerprint density at radius 3 is 2.36 bits per heavy atom. The predicted molar refractivity (Wildman–Crippen MR) is 124 cm³/mol. The zero-order chi connectivity index (χ0) is 24.1. The summed E-state index contributed by atoms with van der Waals surface area (Å²) in [5.74, 6) is 1.66. The van der Waals surface area contributed by atoms with E-state index in [1.54, 1.807) is 6.92 Å². The number of nitrogens with zero attached hydrogens (tertiary/aromatic N) is 4. The lowest BCUT2D eigenvalue weighted by atomic mass is 9.84. The van der Waals surface area contributed by atoms with Crippen LogP contribution < -0.4 is 10.2 Å². The van der Waals surface area contributed by atoms with Crippen molar-refractivity contribution in [3.05, 3.63) is 17.6 Å². The van der Waals surface area contributed by atoms with Crippen LogP contribution in [-0.2, 0) is 21.1 Å². The quantitative estimate of drug-likeness (QED) is 0.559. The Morgan fingerprint density at radius 2 is 1.79 bits per heavy atom. The minimum Gasteiger partial charge on any atom is -0.356 e. The number of hydrogen-bond acceptors (Lipinski definition) is 6. The molecule has 0 radical (unpaired) electrons. The molecule has 7 nitrogen and oxygen atoms in total. The molecule has 33 heavy (non-hydrogen) atoms. The lowest BCUT2D eigenvalue weighted by molar-refractivity contribution is -0.248. The van der Waals surface area contributed by atoms with Crippen LogP contribution >= 0.6 is 0 Å². The van der Waals surface area contributed by atoms with Crippen LogP contribution in [0.5, 0.6) is 0 Å². The van der Waals surface area contributed by atoms with Crippen molar-refractivity contribution in [1.82, 2.24) is 20.2 Å². The van der Waals surface area contributed by atoms with Crippen molar-refractivity contribution in [2.75, 3.05) is 44.2 Å². The summed E-state index contributed by atoms with van der Waals surface area (Å²) in [5, 5.41) is 2.90. The molecule has 1 aromatic rings. The molecule has 0 atom stereocenters. The van der Waals surface area contributed by atoms with E-state index in [0.29, 0.717) is 23.6 Å². The number of amides is 1. The molecule has 2 fully saturated rings. The molecule has 186 valence electrons. The average Bonchev–Trinajstić information content (AvgIpc) is 2.78. The van der Waals surface area contributed by atoms with Gasteiger partial charge in [0.1, 0.15) is 17.3 Å². The van der Waals surface area contributed by atoms with Crippen molar-refractivity contribution in [1.29, 1.82) is 0 Å². The highest BCUT2D eigenvalue weighted by Crippen LogP contribution is 2.32. The van der Waals surface area contributed by atoms with Gasteiger partial charge in [0.15, 0.2) is 0 Å². The van der Waals surface area contributed by atoms with Crippen molar-refractivity contribution >= 4 is 12.2 Å². The summed E-state index contributed by atoms with van der Waals surface area (Å²) >= 11 is 0. The van der Waals surface area contributed by atoms with Crippen molar-refractivity contribution in [3.63, 3.8) is 0 Å².